The van der Waals surface area contributed by atoms with Gasteiger partial charge in [0.15, 0.2) is 0 Å². The number of carboxylic acids is 1. The fraction of sp³-hybridized carbons (Fsp3) is 0.625. The number of hydrogen-bond donors (Lipinski definition) is 4. The monoisotopic (exact) mass is 217 g/mol. The van der Waals surface area contributed by atoms with Crippen molar-refractivity contribution in [2.75, 3.05) is 6.54 Å². The molecule has 0 aromatic carbocycles. The van der Waals surface area contributed by atoms with Crippen LogP contribution < -0.4 is 16.4 Å². The summed E-state index contributed by atoms with van der Waals surface area (Å²) in [6.07, 6.45) is 0.676. The molecule has 0 aromatic rings. The first kappa shape index (κ1) is 13.2. The number of primary amides is 1. The molecule has 7 heteroatoms. The van der Waals surface area contributed by atoms with Crippen LogP contribution in [0.25, 0.3) is 0 Å². The Morgan fingerprint density at radius 2 is 2.00 bits per heavy atom. The zero-order valence-corrected chi connectivity index (χ0v) is 8.45. The lowest BCUT2D eigenvalue weighted by atomic mass is 10.1. The topological polar surface area (TPSA) is 122 Å². The van der Waals surface area contributed by atoms with Crippen LogP contribution in [0, 0.1) is 0 Å². The molecule has 0 aliphatic rings. The standard InChI is InChI=1S/C8H15N3O4/c1-5(12)11-6(7(13)14)3-2-4-10-8(9)15/h6H,2-4H2,1H3,(H,11,12)(H,13,14)(H3,9,10,15). The van der Waals surface area contributed by atoms with E-state index >= 15 is 0 Å². The Morgan fingerprint density at radius 3 is 2.40 bits per heavy atom. The van der Waals surface area contributed by atoms with E-state index in [2.05, 4.69) is 10.6 Å². The summed E-state index contributed by atoms with van der Waals surface area (Å²) in [5.74, 6) is -1.49. The van der Waals surface area contributed by atoms with Crippen LogP contribution in [0.4, 0.5) is 4.79 Å². The van der Waals surface area contributed by atoms with Gasteiger partial charge in [0, 0.05) is 13.5 Å². The van der Waals surface area contributed by atoms with E-state index in [-0.39, 0.29) is 6.42 Å². The maximum Gasteiger partial charge on any atom is 0.326 e. The number of urea groups is 1. The first-order valence-electron chi connectivity index (χ1n) is 4.46. The minimum Gasteiger partial charge on any atom is -0.480 e. The predicted octanol–water partition coefficient (Wildman–Crippen LogP) is -0.976. The highest BCUT2D eigenvalue weighted by Crippen LogP contribution is 1.96. The Bertz CT molecular complexity index is 254. The van der Waals surface area contributed by atoms with Crippen LogP contribution in [0.1, 0.15) is 19.8 Å². The van der Waals surface area contributed by atoms with Crippen LogP contribution >= 0.6 is 0 Å². The van der Waals surface area contributed by atoms with Gasteiger partial charge in [0.2, 0.25) is 5.91 Å². The van der Waals surface area contributed by atoms with Gasteiger partial charge < -0.3 is 21.5 Å². The number of hydrogen-bond acceptors (Lipinski definition) is 3. The molecular formula is C8H15N3O4. The van der Waals surface area contributed by atoms with Crippen LogP contribution in [-0.4, -0.2) is 35.6 Å². The first-order chi connectivity index (χ1) is 6.93. The molecule has 3 amide bonds. The van der Waals surface area contributed by atoms with Gasteiger partial charge in [-0.05, 0) is 12.8 Å². The van der Waals surface area contributed by atoms with E-state index in [1.165, 1.54) is 6.92 Å². The third-order valence-corrected chi connectivity index (χ3v) is 1.64. The predicted molar refractivity (Wildman–Crippen MR) is 52.1 cm³/mol. The van der Waals surface area contributed by atoms with Crippen LogP contribution in [-0.2, 0) is 9.59 Å². The molecule has 0 rings (SSSR count). The smallest absolute Gasteiger partial charge is 0.326 e. The number of amides is 3. The Morgan fingerprint density at radius 1 is 1.40 bits per heavy atom. The van der Waals surface area contributed by atoms with E-state index in [0.29, 0.717) is 13.0 Å². The quantitative estimate of drug-likeness (QED) is 0.427. The third kappa shape index (κ3) is 7.29. The second-order valence-corrected chi connectivity index (χ2v) is 3.02. The second-order valence-electron chi connectivity index (χ2n) is 3.02. The van der Waals surface area contributed by atoms with Gasteiger partial charge in [-0.2, -0.15) is 0 Å². The number of aliphatic carboxylic acids is 1. The van der Waals surface area contributed by atoms with Crippen LogP contribution in [0.5, 0.6) is 0 Å². The molecule has 0 aliphatic heterocycles. The molecule has 86 valence electrons. The average Bonchev–Trinajstić information content (AvgIpc) is 2.08. The second kappa shape index (κ2) is 6.63. The molecule has 0 radical (unpaired) electrons. The summed E-state index contributed by atoms with van der Waals surface area (Å²) in [5.41, 5.74) is 4.81. The van der Waals surface area contributed by atoms with Crippen LogP contribution in [0.2, 0.25) is 0 Å². The summed E-state index contributed by atoms with van der Waals surface area (Å²) in [6, 6.07) is -1.57. The fourth-order valence-corrected chi connectivity index (χ4v) is 1.02. The summed E-state index contributed by atoms with van der Waals surface area (Å²) in [4.78, 5) is 31.6. The molecule has 0 heterocycles. The van der Waals surface area contributed by atoms with Gasteiger partial charge in [0.05, 0.1) is 0 Å². The molecule has 0 aromatic heterocycles. The average molecular weight is 217 g/mol. The van der Waals surface area contributed by atoms with E-state index < -0.39 is 23.9 Å². The van der Waals surface area contributed by atoms with E-state index in [1.54, 1.807) is 0 Å². The van der Waals surface area contributed by atoms with Gasteiger partial charge in [-0.3, -0.25) is 4.79 Å². The molecule has 0 bridgehead atoms. The van der Waals surface area contributed by atoms with Gasteiger partial charge in [-0.15, -0.1) is 0 Å². The highest BCUT2D eigenvalue weighted by molar-refractivity contribution is 5.81. The summed E-state index contributed by atoms with van der Waals surface area (Å²) in [5, 5.41) is 13.3. The Labute approximate surface area is 87.0 Å². The Hall–Kier alpha value is -1.79. The highest BCUT2D eigenvalue weighted by atomic mass is 16.4. The Kier molecular flexibility index (Phi) is 5.84. The van der Waals surface area contributed by atoms with E-state index in [9.17, 15) is 14.4 Å². The van der Waals surface area contributed by atoms with Crippen molar-refractivity contribution in [3.05, 3.63) is 0 Å². The maximum atomic E-state index is 10.6. The van der Waals surface area contributed by atoms with Gasteiger partial charge in [0.25, 0.3) is 0 Å². The van der Waals surface area contributed by atoms with Gasteiger partial charge in [-0.25, -0.2) is 9.59 Å². The lowest BCUT2D eigenvalue weighted by molar-refractivity contribution is -0.141. The number of carbonyl (C=O) groups is 3. The molecule has 1 atom stereocenters. The van der Waals surface area contributed by atoms with Crippen LogP contribution in [0.3, 0.4) is 0 Å². The molecule has 1 unspecified atom stereocenters. The number of nitrogens with one attached hydrogen (secondary N) is 2. The summed E-state index contributed by atoms with van der Waals surface area (Å²) >= 11 is 0. The lowest BCUT2D eigenvalue weighted by Gasteiger charge is -2.12. The highest BCUT2D eigenvalue weighted by Gasteiger charge is 2.17. The third-order valence-electron chi connectivity index (χ3n) is 1.64. The first-order valence-corrected chi connectivity index (χ1v) is 4.46. The molecule has 5 N–H and O–H groups in total. The summed E-state index contributed by atoms with van der Waals surface area (Å²) in [6.45, 7) is 1.54. The largest absolute Gasteiger partial charge is 0.480 e. The van der Waals surface area contributed by atoms with Gasteiger partial charge in [0.1, 0.15) is 6.04 Å². The summed E-state index contributed by atoms with van der Waals surface area (Å²) in [7, 11) is 0. The van der Waals surface area contributed by atoms with Crippen LogP contribution in [0.15, 0.2) is 0 Å². The van der Waals surface area contributed by atoms with Crippen molar-refractivity contribution >= 4 is 17.9 Å². The number of carbonyl (C=O) groups excluding carboxylic acids is 2. The fourth-order valence-electron chi connectivity index (χ4n) is 1.02. The number of rotatable bonds is 6. The zero-order chi connectivity index (χ0) is 11.8. The molecule has 0 spiro atoms. The molecule has 7 nitrogen and oxygen atoms in total. The van der Waals surface area contributed by atoms with Crippen molar-refractivity contribution in [2.24, 2.45) is 5.73 Å². The molecule has 0 fully saturated rings. The van der Waals surface area contributed by atoms with Crippen molar-refractivity contribution in [1.82, 2.24) is 10.6 Å². The molecule has 0 saturated carbocycles. The van der Waals surface area contributed by atoms with Crippen molar-refractivity contribution in [3.8, 4) is 0 Å². The normalized spacial score (nSPS) is 11.5. The SMILES string of the molecule is CC(=O)NC(CCCNC(N)=O)C(=O)O. The number of carboxylic acid groups (broad SMARTS) is 1. The minimum absolute atomic E-state index is 0.245. The molecule has 0 saturated heterocycles. The van der Waals surface area contributed by atoms with Crippen molar-refractivity contribution < 1.29 is 19.5 Å². The molecule has 15 heavy (non-hydrogen) atoms. The molecule has 0 aliphatic carbocycles. The number of nitrogens with two attached hydrogens (primary N) is 1. The summed E-state index contributed by atoms with van der Waals surface area (Å²) < 4.78 is 0. The minimum atomic E-state index is -1.09. The van der Waals surface area contributed by atoms with Crippen molar-refractivity contribution in [1.29, 1.82) is 0 Å². The van der Waals surface area contributed by atoms with Crippen molar-refractivity contribution in [3.63, 3.8) is 0 Å². The van der Waals surface area contributed by atoms with E-state index in [1.807, 2.05) is 0 Å². The molecular weight excluding hydrogens is 202 g/mol. The van der Waals surface area contributed by atoms with E-state index in [4.69, 9.17) is 10.8 Å². The van der Waals surface area contributed by atoms with Gasteiger partial charge >= 0.3 is 12.0 Å². The zero-order valence-electron chi connectivity index (χ0n) is 8.45. The maximum absolute atomic E-state index is 10.6. The van der Waals surface area contributed by atoms with E-state index in [0.717, 1.165) is 0 Å². The Balaban J connectivity index is 3.81. The van der Waals surface area contributed by atoms with Gasteiger partial charge in [-0.1, -0.05) is 0 Å². The lowest BCUT2D eigenvalue weighted by Crippen LogP contribution is -2.40. The van der Waals surface area contributed by atoms with Crippen molar-refractivity contribution in [2.45, 2.75) is 25.8 Å².